The zero-order chi connectivity index (χ0) is 19.6. The number of rotatable bonds is 7. The van der Waals surface area contributed by atoms with Crippen LogP contribution in [-0.4, -0.2) is 37.4 Å². The molecule has 0 heterocycles. The summed E-state index contributed by atoms with van der Waals surface area (Å²) in [4.78, 5) is 18.2. The van der Waals surface area contributed by atoms with Gasteiger partial charge in [0.25, 0.3) is 5.91 Å². The quantitative estimate of drug-likeness (QED) is 0.584. The molecule has 2 N–H and O–H groups in total. The van der Waals surface area contributed by atoms with E-state index in [0.29, 0.717) is 12.1 Å². The highest BCUT2D eigenvalue weighted by Gasteiger charge is 2.07. The van der Waals surface area contributed by atoms with Gasteiger partial charge < -0.3 is 15.5 Å². The van der Waals surface area contributed by atoms with Crippen molar-refractivity contribution in [1.29, 1.82) is 0 Å². The number of hydrogen-bond acceptors (Lipinski definition) is 2. The minimum Gasteiger partial charge on any atom is -0.357 e. The van der Waals surface area contributed by atoms with Gasteiger partial charge >= 0.3 is 0 Å². The Kier molecular flexibility index (Phi) is 7.86. The van der Waals surface area contributed by atoms with Gasteiger partial charge in [-0.1, -0.05) is 43.3 Å². The maximum absolute atomic E-state index is 12.0. The third-order valence-electron chi connectivity index (χ3n) is 4.32. The Hall–Kier alpha value is -2.82. The highest BCUT2D eigenvalue weighted by atomic mass is 16.2. The van der Waals surface area contributed by atoms with E-state index in [-0.39, 0.29) is 5.91 Å². The Balaban J connectivity index is 2.01. The number of nitrogens with zero attached hydrogens (tertiary/aromatic N) is 2. The lowest BCUT2D eigenvalue weighted by atomic mass is 10.1. The van der Waals surface area contributed by atoms with Crippen LogP contribution in [-0.2, 0) is 19.5 Å². The molecule has 0 atom stereocenters. The van der Waals surface area contributed by atoms with Gasteiger partial charge in [-0.25, -0.2) is 4.99 Å². The van der Waals surface area contributed by atoms with E-state index in [9.17, 15) is 4.79 Å². The van der Waals surface area contributed by atoms with Crippen molar-refractivity contribution < 1.29 is 4.79 Å². The van der Waals surface area contributed by atoms with Gasteiger partial charge in [0.05, 0.1) is 6.54 Å². The molecule has 5 heteroatoms. The zero-order valence-electron chi connectivity index (χ0n) is 16.7. The van der Waals surface area contributed by atoms with E-state index in [0.717, 1.165) is 31.0 Å². The number of benzene rings is 2. The molecule has 0 aliphatic heterocycles. The summed E-state index contributed by atoms with van der Waals surface area (Å²) in [6.45, 7) is 6.33. The van der Waals surface area contributed by atoms with Crippen LogP contribution in [0.1, 0.15) is 40.9 Å². The number of hydrogen-bond donors (Lipinski definition) is 2. The Morgan fingerprint density at radius 3 is 2.22 bits per heavy atom. The van der Waals surface area contributed by atoms with Crippen molar-refractivity contribution >= 4 is 11.9 Å². The molecule has 0 fully saturated rings. The molecule has 0 aliphatic carbocycles. The molecule has 2 aromatic rings. The Labute approximate surface area is 162 Å². The van der Waals surface area contributed by atoms with Gasteiger partial charge in [0.15, 0.2) is 5.96 Å². The second-order valence-corrected chi connectivity index (χ2v) is 6.57. The van der Waals surface area contributed by atoms with Gasteiger partial charge in [0.1, 0.15) is 0 Å². The molecular formula is C22H30N4O. The monoisotopic (exact) mass is 366 g/mol. The average molecular weight is 367 g/mol. The fourth-order valence-corrected chi connectivity index (χ4v) is 2.78. The van der Waals surface area contributed by atoms with Crippen molar-refractivity contribution in [2.75, 3.05) is 20.6 Å². The maximum atomic E-state index is 12.0. The van der Waals surface area contributed by atoms with E-state index in [1.165, 1.54) is 11.1 Å². The van der Waals surface area contributed by atoms with Crippen LogP contribution in [0.4, 0.5) is 0 Å². The molecule has 1 amide bonds. The molecular weight excluding hydrogens is 336 g/mol. The first kappa shape index (κ1) is 20.5. The lowest BCUT2D eigenvalue weighted by Crippen LogP contribution is -2.37. The molecule has 0 spiro atoms. The first-order valence-corrected chi connectivity index (χ1v) is 9.44. The van der Waals surface area contributed by atoms with Crippen molar-refractivity contribution in [3.63, 3.8) is 0 Å². The Bertz CT molecular complexity index is 766. The molecule has 27 heavy (non-hydrogen) atoms. The summed E-state index contributed by atoms with van der Waals surface area (Å²) in [5.74, 6) is 0.798. The van der Waals surface area contributed by atoms with Gasteiger partial charge in [-0.15, -0.1) is 0 Å². The number of guanidine groups is 1. The summed E-state index contributed by atoms with van der Waals surface area (Å²) in [7, 11) is 3.51. The van der Waals surface area contributed by atoms with Crippen molar-refractivity contribution in [3.8, 4) is 0 Å². The first-order valence-electron chi connectivity index (χ1n) is 9.44. The third-order valence-corrected chi connectivity index (χ3v) is 4.32. The van der Waals surface area contributed by atoms with Crippen molar-refractivity contribution in [2.45, 2.75) is 33.4 Å². The molecule has 5 nitrogen and oxygen atoms in total. The van der Waals surface area contributed by atoms with Crippen LogP contribution >= 0.6 is 0 Å². The standard InChI is InChI=1S/C22H30N4O/c1-5-18-9-7-8-10-20(18)16-25-22(23-6-2)24-15-17-11-13-19(14-12-17)21(27)26(3)4/h7-14H,5-6,15-16H2,1-4H3,(H2,23,24,25). The Morgan fingerprint density at radius 2 is 1.63 bits per heavy atom. The zero-order valence-corrected chi connectivity index (χ0v) is 16.7. The first-order chi connectivity index (χ1) is 13.0. The number of aryl methyl sites for hydroxylation is 1. The summed E-state index contributed by atoms with van der Waals surface area (Å²) >= 11 is 0. The largest absolute Gasteiger partial charge is 0.357 e. The smallest absolute Gasteiger partial charge is 0.253 e. The van der Waals surface area contributed by atoms with Crippen LogP contribution in [0.5, 0.6) is 0 Å². The average Bonchev–Trinajstić information content (AvgIpc) is 2.70. The van der Waals surface area contributed by atoms with E-state index < -0.39 is 0 Å². The molecule has 0 aliphatic rings. The Morgan fingerprint density at radius 1 is 0.963 bits per heavy atom. The van der Waals surface area contributed by atoms with Crippen LogP contribution in [0.2, 0.25) is 0 Å². The SMILES string of the molecule is CCNC(=NCc1ccc(C(=O)N(C)C)cc1)NCc1ccccc1CC. The molecule has 2 aromatic carbocycles. The second-order valence-electron chi connectivity index (χ2n) is 6.57. The van der Waals surface area contributed by atoms with Crippen LogP contribution in [0.15, 0.2) is 53.5 Å². The lowest BCUT2D eigenvalue weighted by Gasteiger charge is -2.13. The van der Waals surface area contributed by atoms with E-state index in [4.69, 9.17) is 0 Å². The molecule has 144 valence electrons. The molecule has 0 bridgehead atoms. The predicted octanol–water partition coefficient (Wildman–Crippen LogP) is 3.21. The van der Waals surface area contributed by atoms with E-state index in [1.807, 2.05) is 24.3 Å². The van der Waals surface area contributed by atoms with Gasteiger partial charge in [0.2, 0.25) is 0 Å². The minimum atomic E-state index is 0.00893. The number of aliphatic imine (C=N–C) groups is 1. The normalized spacial score (nSPS) is 11.2. The minimum absolute atomic E-state index is 0.00893. The number of carbonyl (C=O) groups is 1. The molecule has 0 radical (unpaired) electrons. The molecule has 0 aromatic heterocycles. The fourth-order valence-electron chi connectivity index (χ4n) is 2.78. The van der Waals surface area contributed by atoms with Gasteiger partial charge in [-0.3, -0.25) is 4.79 Å². The second kappa shape index (κ2) is 10.4. The van der Waals surface area contributed by atoms with E-state index >= 15 is 0 Å². The summed E-state index contributed by atoms with van der Waals surface area (Å²) < 4.78 is 0. The fraction of sp³-hybridized carbons (Fsp3) is 0.364. The van der Waals surface area contributed by atoms with Crippen LogP contribution in [0, 0.1) is 0 Å². The number of amides is 1. The van der Waals surface area contributed by atoms with Crippen molar-refractivity contribution in [2.24, 2.45) is 4.99 Å². The van der Waals surface area contributed by atoms with Crippen LogP contribution < -0.4 is 10.6 Å². The maximum Gasteiger partial charge on any atom is 0.253 e. The summed E-state index contributed by atoms with van der Waals surface area (Å²) in [5, 5.41) is 6.69. The van der Waals surface area contributed by atoms with E-state index in [2.05, 4.69) is 53.7 Å². The van der Waals surface area contributed by atoms with Crippen LogP contribution in [0.25, 0.3) is 0 Å². The summed E-state index contributed by atoms with van der Waals surface area (Å²) in [6.07, 6.45) is 1.02. The highest BCUT2D eigenvalue weighted by molar-refractivity contribution is 5.93. The van der Waals surface area contributed by atoms with Gasteiger partial charge in [-0.05, 0) is 42.2 Å². The molecule has 2 rings (SSSR count). The van der Waals surface area contributed by atoms with E-state index in [1.54, 1.807) is 19.0 Å². The lowest BCUT2D eigenvalue weighted by molar-refractivity contribution is 0.0827. The van der Waals surface area contributed by atoms with Crippen molar-refractivity contribution in [3.05, 3.63) is 70.8 Å². The van der Waals surface area contributed by atoms with Gasteiger partial charge in [-0.2, -0.15) is 0 Å². The summed E-state index contributed by atoms with van der Waals surface area (Å²) in [5.41, 5.74) is 4.39. The predicted molar refractivity (Wildman–Crippen MR) is 112 cm³/mol. The number of nitrogens with one attached hydrogen (secondary N) is 2. The van der Waals surface area contributed by atoms with Gasteiger partial charge in [0, 0.05) is 32.7 Å². The third kappa shape index (κ3) is 6.13. The topological polar surface area (TPSA) is 56.7 Å². The molecule has 0 saturated carbocycles. The number of carbonyl (C=O) groups excluding carboxylic acids is 1. The molecule has 0 unspecified atom stereocenters. The van der Waals surface area contributed by atoms with Crippen LogP contribution in [0.3, 0.4) is 0 Å². The highest BCUT2D eigenvalue weighted by Crippen LogP contribution is 2.10. The molecule has 0 saturated heterocycles. The summed E-state index contributed by atoms with van der Waals surface area (Å²) in [6, 6.07) is 16.1. The van der Waals surface area contributed by atoms with Crippen molar-refractivity contribution in [1.82, 2.24) is 15.5 Å².